The summed E-state index contributed by atoms with van der Waals surface area (Å²) in [6, 6.07) is 2.53. The molecule has 0 saturated carbocycles. The molecule has 1 aliphatic rings. The summed E-state index contributed by atoms with van der Waals surface area (Å²) in [7, 11) is 1.75. The lowest BCUT2D eigenvalue weighted by Crippen LogP contribution is -2.41. The summed E-state index contributed by atoms with van der Waals surface area (Å²) in [5.41, 5.74) is 1.36. The summed E-state index contributed by atoms with van der Waals surface area (Å²) in [5, 5.41) is 18.6. The molecule has 0 spiro atoms. The number of carboxylic acid groups (broad SMARTS) is 1. The number of aromatic nitrogens is 1. The Kier molecular flexibility index (Phi) is 3.13. The van der Waals surface area contributed by atoms with E-state index in [0.29, 0.717) is 5.69 Å². The van der Waals surface area contributed by atoms with Crippen molar-refractivity contribution in [3.63, 3.8) is 0 Å². The summed E-state index contributed by atoms with van der Waals surface area (Å²) in [6.07, 6.45) is -0.679. The molecule has 6 heteroatoms. The van der Waals surface area contributed by atoms with Gasteiger partial charge in [0.05, 0.1) is 6.10 Å². The van der Waals surface area contributed by atoms with E-state index < -0.39 is 18.1 Å². The van der Waals surface area contributed by atoms with Crippen molar-refractivity contribution in [2.45, 2.75) is 25.5 Å². The number of aliphatic carboxylic acids is 1. The van der Waals surface area contributed by atoms with Crippen LogP contribution in [0.15, 0.2) is 12.1 Å². The Labute approximate surface area is 104 Å². The number of β-amino-alcohol motifs (C(OH)–C–C–N with tert-alkyl or cyclic N) is 1. The van der Waals surface area contributed by atoms with Gasteiger partial charge in [0.25, 0.3) is 5.91 Å². The van der Waals surface area contributed by atoms with Crippen LogP contribution in [0.4, 0.5) is 0 Å². The Hall–Kier alpha value is -1.82. The standard InChI is InChI=1S/C12H16N2O4/c1-7-3-4-9(13(7)2)11(16)14-6-8(15)5-10(14)12(17)18/h3-4,8,10,15H,5-6H2,1-2H3,(H,17,18)/t8-,10-/m1/s1. The fraction of sp³-hybridized carbons (Fsp3) is 0.500. The van der Waals surface area contributed by atoms with Crippen molar-refractivity contribution in [1.82, 2.24) is 9.47 Å². The first-order valence-corrected chi connectivity index (χ1v) is 5.76. The maximum atomic E-state index is 12.3. The van der Waals surface area contributed by atoms with Gasteiger partial charge in [-0.05, 0) is 19.1 Å². The molecule has 1 aromatic rings. The fourth-order valence-corrected chi connectivity index (χ4v) is 2.25. The second-order valence-electron chi connectivity index (χ2n) is 4.62. The smallest absolute Gasteiger partial charge is 0.326 e. The number of carbonyl (C=O) groups excluding carboxylic acids is 1. The van der Waals surface area contributed by atoms with Gasteiger partial charge < -0.3 is 19.7 Å². The van der Waals surface area contributed by atoms with E-state index >= 15 is 0 Å². The molecule has 98 valence electrons. The van der Waals surface area contributed by atoms with Gasteiger partial charge >= 0.3 is 5.97 Å². The van der Waals surface area contributed by atoms with Crippen LogP contribution in [0.25, 0.3) is 0 Å². The van der Waals surface area contributed by atoms with Crippen LogP contribution >= 0.6 is 0 Å². The molecule has 18 heavy (non-hydrogen) atoms. The SMILES string of the molecule is Cc1ccc(C(=O)N2C[C@H](O)C[C@@H]2C(=O)O)n1C. The van der Waals surface area contributed by atoms with Crippen molar-refractivity contribution in [2.24, 2.45) is 7.05 Å². The van der Waals surface area contributed by atoms with E-state index in [2.05, 4.69) is 0 Å². The van der Waals surface area contributed by atoms with Gasteiger partial charge in [0.1, 0.15) is 11.7 Å². The largest absolute Gasteiger partial charge is 0.480 e. The molecular weight excluding hydrogens is 236 g/mol. The molecule has 1 aliphatic heterocycles. The van der Waals surface area contributed by atoms with Gasteiger partial charge in [-0.1, -0.05) is 0 Å². The van der Waals surface area contributed by atoms with Gasteiger partial charge in [-0.3, -0.25) is 4.79 Å². The first-order valence-electron chi connectivity index (χ1n) is 5.76. The van der Waals surface area contributed by atoms with E-state index in [-0.39, 0.29) is 18.9 Å². The number of rotatable bonds is 2. The van der Waals surface area contributed by atoms with Gasteiger partial charge in [0.15, 0.2) is 0 Å². The Balaban J connectivity index is 2.28. The van der Waals surface area contributed by atoms with Crippen LogP contribution in [-0.4, -0.2) is 50.2 Å². The highest BCUT2D eigenvalue weighted by molar-refractivity contribution is 5.96. The molecule has 1 amide bonds. The number of carboxylic acids is 1. The Morgan fingerprint density at radius 2 is 2.06 bits per heavy atom. The molecule has 1 fully saturated rings. The van der Waals surface area contributed by atoms with Crippen LogP contribution in [0.2, 0.25) is 0 Å². The van der Waals surface area contributed by atoms with Crippen molar-refractivity contribution in [1.29, 1.82) is 0 Å². The number of carbonyl (C=O) groups is 2. The maximum Gasteiger partial charge on any atom is 0.326 e. The lowest BCUT2D eigenvalue weighted by molar-refractivity contribution is -0.141. The molecule has 1 aromatic heterocycles. The zero-order valence-corrected chi connectivity index (χ0v) is 10.3. The van der Waals surface area contributed by atoms with Crippen molar-refractivity contribution in [3.05, 3.63) is 23.5 Å². The van der Waals surface area contributed by atoms with E-state index in [0.717, 1.165) is 5.69 Å². The second kappa shape index (κ2) is 4.45. The zero-order chi connectivity index (χ0) is 13.4. The van der Waals surface area contributed by atoms with E-state index in [1.54, 1.807) is 23.7 Å². The van der Waals surface area contributed by atoms with Crippen LogP contribution < -0.4 is 0 Å². The average molecular weight is 252 g/mol. The fourth-order valence-electron chi connectivity index (χ4n) is 2.25. The minimum absolute atomic E-state index is 0.0695. The molecule has 0 aliphatic carbocycles. The van der Waals surface area contributed by atoms with Crippen LogP contribution in [0, 0.1) is 6.92 Å². The molecule has 0 aromatic carbocycles. The highest BCUT2D eigenvalue weighted by atomic mass is 16.4. The molecule has 0 radical (unpaired) electrons. The normalized spacial score (nSPS) is 23.4. The number of hydrogen-bond donors (Lipinski definition) is 2. The summed E-state index contributed by atoms with van der Waals surface area (Å²) in [5.74, 6) is -1.43. The van der Waals surface area contributed by atoms with Crippen LogP contribution in [0.5, 0.6) is 0 Å². The number of likely N-dealkylation sites (tertiary alicyclic amines) is 1. The number of hydrogen-bond acceptors (Lipinski definition) is 3. The Morgan fingerprint density at radius 1 is 1.39 bits per heavy atom. The van der Waals surface area contributed by atoms with Crippen LogP contribution in [0.3, 0.4) is 0 Å². The van der Waals surface area contributed by atoms with Gasteiger partial charge in [-0.25, -0.2) is 4.79 Å². The first kappa shape index (κ1) is 12.6. The third-order valence-corrected chi connectivity index (χ3v) is 3.42. The number of aryl methyl sites for hydroxylation is 1. The highest BCUT2D eigenvalue weighted by Gasteiger charge is 2.39. The van der Waals surface area contributed by atoms with Gasteiger partial charge in [0.2, 0.25) is 0 Å². The maximum absolute atomic E-state index is 12.3. The van der Waals surface area contributed by atoms with E-state index in [4.69, 9.17) is 5.11 Å². The minimum atomic E-state index is -1.08. The number of nitrogens with zero attached hydrogens (tertiary/aromatic N) is 2. The highest BCUT2D eigenvalue weighted by Crippen LogP contribution is 2.21. The topological polar surface area (TPSA) is 82.8 Å². The Morgan fingerprint density at radius 3 is 2.56 bits per heavy atom. The molecule has 2 rings (SSSR count). The van der Waals surface area contributed by atoms with E-state index in [1.165, 1.54) is 4.90 Å². The number of amides is 1. The van der Waals surface area contributed by atoms with Crippen molar-refractivity contribution >= 4 is 11.9 Å². The molecule has 0 bridgehead atoms. The lowest BCUT2D eigenvalue weighted by atomic mass is 10.2. The number of aliphatic hydroxyl groups is 1. The lowest BCUT2D eigenvalue weighted by Gasteiger charge is -2.21. The Bertz CT molecular complexity index is 494. The first-order chi connectivity index (χ1) is 8.41. The van der Waals surface area contributed by atoms with E-state index in [9.17, 15) is 14.7 Å². The van der Waals surface area contributed by atoms with Crippen LogP contribution in [0.1, 0.15) is 22.6 Å². The monoisotopic (exact) mass is 252 g/mol. The van der Waals surface area contributed by atoms with Gasteiger partial charge in [-0.2, -0.15) is 0 Å². The molecule has 6 nitrogen and oxygen atoms in total. The summed E-state index contributed by atoms with van der Waals surface area (Å²) >= 11 is 0. The zero-order valence-electron chi connectivity index (χ0n) is 10.3. The van der Waals surface area contributed by atoms with E-state index in [1.807, 2.05) is 6.92 Å². The predicted molar refractivity (Wildman–Crippen MR) is 63.2 cm³/mol. The summed E-state index contributed by atoms with van der Waals surface area (Å²) in [4.78, 5) is 24.6. The van der Waals surface area contributed by atoms with Gasteiger partial charge in [0, 0.05) is 25.7 Å². The summed E-state index contributed by atoms with van der Waals surface area (Å²) < 4.78 is 1.71. The third-order valence-electron chi connectivity index (χ3n) is 3.42. The second-order valence-corrected chi connectivity index (χ2v) is 4.62. The quantitative estimate of drug-likeness (QED) is 0.775. The minimum Gasteiger partial charge on any atom is -0.480 e. The molecule has 0 unspecified atom stereocenters. The van der Waals surface area contributed by atoms with Crippen molar-refractivity contribution in [2.75, 3.05) is 6.54 Å². The number of aliphatic hydroxyl groups excluding tert-OH is 1. The molecular formula is C12H16N2O4. The molecule has 2 N–H and O–H groups in total. The van der Waals surface area contributed by atoms with Gasteiger partial charge in [-0.15, -0.1) is 0 Å². The summed E-state index contributed by atoms with van der Waals surface area (Å²) in [6.45, 7) is 1.93. The average Bonchev–Trinajstić information content (AvgIpc) is 2.84. The van der Waals surface area contributed by atoms with Crippen molar-refractivity contribution in [3.8, 4) is 0 Å². The predicted octanol–water partition coefficient (Wildman–Crippen LogP) is -0.00648. The molecule has 1 saturated heterocycles. The van der Waals surface area contributed by atoms with Crippen LogP contribution in [-0.2, 0) is 11.8 Å². The third kappa shape index (κ3) is 1.99. The molecule has 2 atom stereocenters. The molecule has 2 heterocycles. The van der Waals surface area contributed by atoms with Crippen molar-refractivity contribution < 1.29 is 19.8 Å².